The third kappa shape index (κ3) is 6.13. The van der Waals surface area contributed by atoms with Crippen LogP contribution in [-0.4, -0.2) is 50.3 Å². The van der Waals surface area contributed by atoms with Gasteiger partial charge in [-0.15, -0.1) is 24.0 Å². The van der Waals surface area contributed by atoms with Gasteiger partial charge in [0.1, 0.15) is 0 Å². The first-order chi connectivity index (χ1) is 11.8. The summed E-state index contributed by atoms with van der Waals surface area (Å²) < 4.78 is 5.35. The van der Waals surface area contributed by atoms with E-state index in [2.05, 4.69) is 57.7 Å². The highest BCUT2D eigenvalue weighted by molar-refractivity contribution is 14.0. The molecule has 0 spiro atoms. The summed E-state index contributed by atoms with van der Waals surface area (Å²) in [4.78, 5) is 6.90. The highest BCUT2D eigenvalue weighted by Crippen LogP contribution is 2.18. The SMILES string of the molecule is I.NC(=NCc1cccc2ccccc12)NCCCN1CCOCC1. The largest absolute Gasteiger partial charge is 0.379 e. The first kappa shape index (κ1) is 19.9. The van der Waals surface area contributed by atoms with Crippen molar-refractivity contribution in [3.63, 3.8) is 0 Å². The van der Waals surface area contributed by atoms with E-state index in [-0.39, 0.29) is 24.0 Å². The molecule has 25 heavy (non-hydrogen) atoms. The number of hydrogen-bond donors (Lipinski definition) is 2. The average molecular weight is 454 g/mol. The van der Waals surface area contributed by atoms with Gasteiger partial charge in [-0.3, -0.25) is 4.90 Å². The number of morpholine rings is 1. The van der Waals surface area contributed by atoms with Gasteiger partial charge in [0, 0.05) is 19.6 Å². The van der Waals surface area contributed by atoms with Gasteiger partial charge in [-0.05, 0) is 29.3 Å². The second kappa shape index (κ2) is 10.6. The molecule has 136 valence electrons. The van der Waals surface area contributed by atoms with E-state index >= 15 is 0 Å². The first-order valence-electron chi connectivity index (χ1n) is 8.63. The maximum Gasteiger partial charge on any atom is 0.188 e. The van der Waals surface area contributed by atoms with E-state index in [9.17, 15) is 0 Å². The Morgan fingerprint density at radius 2 is 1.88 bits per heavy atom. The van der Waals surface area contributed by atoms with Crippen molar-refractivity contribution in [3.05, 3.63) is 48.0 Å². The summed E-state index contributed by atoms with van der Waals surface area (Å²) in [6.07, 6.45) is 1.06. The van der Waals surface area contributed by atoms with Crippen LogP contribution in [0, 0.1) is 0 Å². The summed E-state index contributed by atoms with van der Waals surface area (Å²) in [6.45, 7) is 6.29. The fourth-order valence-electron chi connectivity index (χ4n) is 3.00. The van der Waals surface area contributed by atoms with E-state index in [4.69, 9.17) is 10.5 Å². The molecular weight excluding hydrogens is 427 g/mol. The molecule has 6 heteroatoms. The van der Waals surface area contributed by atoms with Crippen molar-refractivity contribution in [2.45, 2.75) is 13.0 Å². The van der Waals surface area contributed by atoms with Gasteiger partial charge in [0.15, 0.2) is 5.96 Å². The molecule has 0 amide bonds. The average Bonchev–Trinajstić information content (AvgIpc) is 2.64. The van der Waals surface area contributed by atoms with Crippen LogP contribution < -0.4 is 11.1 Å². The summed E-state index contributed by atoms with van der Waals surface area (Å²) in [5, 5.41) is 5.69. The predicted molar refractivity (Wildman–Crippen MR) is 115 cm³/mol. The lowest BCUT2D eigenvalue weighted by molar-refractivity contribution is 0.0376. The number of benzene rings is 2. The first-order valence-corrected chi connectivity index (χ1v) is 8.63. The molecule has 1 heterocycles. The molecule has 1 aliphatic rings. The number of hydrogen-bond acceptors (Lipinski definition) is 3. The van der Waals surface area contributed by atoms with Crippen molar-refractivity contribution >= 4 is 40.7 Å². The normalized spacial score (nSPS) is 15.8. The number of fused-ring (bicyclic) bond motifs is 1. The number of ether oxygens (including phenoxy) is 1. The van der Waals surface area contributed by atoms with Crippen molar-refractivity contribution in [1.82, 2.24) is 10.2 Å². The van der Waals surface area contributed by atoms with Gasteiger partial charge in [0.25, 0.3) is 0 Å². The van der Waals surface area contributed by atoms with Gasteiger partial charge in [0.05, 0.1) is 19.8 Å². The highest BCUT2D eigenvalue weighted by Gasteiger charge is 2.09. The van der Waals surface area contributed by atoms with E-state index < -0.39 is 0 Å². The zero-order valence-corrected chi connectivity index (χ0v) is 16.8. The lowest BCUT2D eigenvalue weighted by atomic mass is 10.1. The smallest absolute Gasteiger partial charge is 0.188 e. The minimum atomic E-state index is 0. The van der Waals surface area contributed by atoms with Gasteiger partial charge < -0.3 is 15.8 Å². The summed E-state index contributed by atoms with van der Waals surface area (Å²) >= 11 is 0. The number of nitrogens with zero attached hydrogens (tertiary/aromatic N) is 2. The molecule has 0 aromatic heterocycles. The van der Waals surface area contributed by atoms with E-state index in [0.717, 1.165) is 45.8 Å². The van der Waals surface area contributed by atoms with Crippen molar-refractivity contribution in [2.24, 2.45) is 10.7 Å². The number of rotatable bonds is 6. The van der Waals surface area contributed by atoms with Crippen LogP contribution in [0.1, 0.15) is 12.0 Å². The molecule has 0 saturated carbocycles. The van der Waals surface area contributed by atoms with E-state index in [1.807, 2.05) is 0 Å². The van der Waals surface area contributed by atoms with Crippen LogP contribution in [0.3, 0.4) is 0 Å². The molecule has 3 rings (SSSR count). The fraction of sp³-hybridized carbons (Fsp3) is 0.421. The molecule has 0 bridgehead atoms. The quantitative estimate of drug-likeness (QED) is 0.305. The number of nitrogens with two attached hydrogens (primary N) is 1. The van der Waals surface area contributed by atoms with E-state index in [0.29, 0.717) is 12.5 Å². The molecule has 1 fully saturated rings. The Hall–Kier alpha value is -1.38. The minimum Gasteiger partial charge on any atom is -0.379 e. The Morgan fingerprint density at radius 3 is 2.72 bits per heavy atom. The van der Waals surface area contributed by atoms with Crippen LogP contribution in [0.2, 0.25) is 0 Å². The highest BCUT2D eigenvalue weighted by atomic mass is 127. The molecule has 3 N–H and O–H groups in total. The van der Waals surface area contributed by atoms with Crippen molar-refractivity contribution in [1.29, 1.82) is 0 Å². The second-order valence-electron chi connectivity index (χ2n) is 6.07. The van der Waals surface area contributed by atoms with Crippen LogP contribution in [-0.2, 0) is 11.3 Å². The molecule has 2 aromatic rings. The van der Waals surface area contributed by atoms with Gasteiger partial charge in [-0.25, -0.2) is 4.99 Å². The Balaban J connectivity index is 0.00000225. The molecule has 1 aliphatic heterocycles. The lowest BCUT2D eigenvalue weighted by Gasteiger charge is -2.26. The van der Waals surface area contributed by atoms with Gasteiger partial charge in [-0.1, -0.05) is 42.5 Å². The van der Waals surface area contributed by atoms with Crippen LogP contribution in [0.4, 0.5) is 0 Å². The summed E-state index contributed by atoms with van der Waals surface area (Å²) in [5.41, 5.74) is 7.19. The Kier molecular flexibility index (Phi) is 8.43. The van der Waals surface area contributed by atoms with E-state index in [1.54, 1.807) is 0 Å². The summed E-state index contributed by atoms with van der Waals surface area (Å²) in [7, 11) is 0. The fourth-order valence-corrected chi connectivity index (χ4v) is 3.00. The summed E-state index contributed by atoms with van der Waals surface area (Å²) in [5.74, 6) is 0.518. The maximum absolute atomic E-state index is 5.99. The molecule has 0 aliphatic carbocycles. The summed E-state index contributed by atoms with van der Waals surface area (Å²) in [6, 6.07) is 14.7. The van der Waals surface area contributed by atoms with Gasteiger partial charge in [-0.2, -0.15) is 0 Å². The van der Waals surface area contributed by atoms with Crippen molar-refractivity contribution in [2.75, 3.05) is 39.4 Å². The standard InChI is InChI=1S/C19H26N4O.HI/c20-19(21-9-4-10-23-11-13-24-14-12-23)22-15-17-7-3-6-16-5-1-2-8-18(16)17;/h1-3,5-8H,4,9-15H2,(H3,20,21,22);1H. The Labute approximate surface area is 166 Å². The van der Waals surface area contributed by atoms with Crippen LogP contribution in [0.25, 0.3) is 10.8 Å². The molecule has 2 aromatic carbocycles. The van der Waals surface area contributed by atoms with Crippen LogP contribution >= 0.6 is 24.0 Å². The van der Waals surface area contributed by atoms with Crippen LogP contribution in [0.5, 0.6) is 0 Å². The third-order valence-electron chi connectivity index (χ3n) is 4.36. The number of aliphatic imine (C=N–C) groups is 1. The number of nitrogens with one attached hydrogen (secondary N) is 1. The molecule has 1 saturated heterocycles. The zero-order chi connectivity index (χ0) is 16.6. The zero-order valence-electron chi connectivity index (χ0n) is 14.5. The van der Waals surface area contributed by atoms with Gasteiger partial charge >= 0.3 is 0 Å². The molecule has 5 nitrogen and oxygen atoms in total. The molecular formula is C19H27IN4O. The van der Waals surface area contributed by atoms with E-state index in [1.165, 1.54) is 16.3 Å². The topological polar surface area (TPSA) is 62.9 Å². The maximum atomic E-state index is 5.99. The number of guanidine groups is 1. The third-order valence-corrected chi connectivity index (χ3v) is 4.36. The van der Waals surface area contributed by atoms with Crippen LogP contribution in [0.15, 0.2) is 47.5 Å². The molecule has 0 radical (unpaired) electrons. The van der Waals surface area contributed by atoms with Crippen molar-refractivity contribution < 1.29 is 4.74 Å². The van der Waals surface area contributed by atoms with Gasteiger partial charge in [0.2, 0.25) is 0 Å². The van der Waals surface area contributed by atoms with Crippen molar-refractivity contribution in [3.8, 4) is 0 Å². The lowest BCUT2D eigenvalue weighted by Crippen LogP contribution is -2.39. The predicted octanol–water partition coefficient (Wildman–Crippen LogP) is 2.58. The Morgan fingerprint density at radius 1 is 1.12 bits per heavy atom. The minimum absolute atomic E-state index is 0. The number of halogens is 1. The molecule has 0 unspecified atom stereocenters. The molecule has 0 atom stereocenters. The second-order valence-corrected chi connectivity index (χ2v) is 6.07. The Bertz CT molecular complexity index is 681. The monoisotopic (exact) mass is 454 g/mol.